The fourth-order valence-corrected chi connectivity index (χ4v) is 3.57. The Morgan fingerprint density at radius 3 is 2.27 bits per heavy atom. The Balaban J connectivity index is 2.24. The van der Waals surface area contributed by atoms with E-state index in [9.17, 15) is 37.2 Å². The topological polar surface area (TPSA) is 108 Å². The average Bonchev–Trinajstić information content (AvgIpc) is 2.70. The number of halogens is 6. The molecule has 3 aromatic rings. The number of nitriles is 1. The van der Waals surface area contributed by atoms with E-state index >= 15 is 0 Å². The first kappa shape index (κ1) is 24.0. The van der Waals surface area contributed by atoms with E-state index in [4.69, 9.17) is 23.2 Å². The monoisotopic (exact) mass is 500 g/mol. The molecule has 1 aromatic heterocycles. The molecule has 0 unspecified atom stereocenters. The van der Waals surface area contributed by atoms with Gasteiger partial charge in [0.2, 0.25) is 0 Å². The van der Waals surface area contributed by atoms with Crippen molar-refractivity contribution in [1.82, 2.24) is 9.55 Å². The fraction of sp³-hybridized carbons (Fsp3) is 0.100. The number of rotatable bonds is 3. The van der Waals surface area contributed by atoms with Crippen molar-refractivity contribution in [2.24, 2.45) is 7.05 Å². The molecule has 3 rings (SSSR count). The summed E-state index contributed by atoms with van der Waals surface area (Å²) in [5.41, 5.74) is -7.56. The lowest BCUT2D eigenvalue weighted by Crippen LogP contribution is -2.35. The van der Waals surface area contributed by atoms with Crippen LogP contribution < -0.4 is 16.6 Å². The number of nitrogens with one attached hydrogen (secondary N) is 2. The highest BCUT2D eigenvalue weighted by Gasteiger charge is 2.39. The highest BCUT2D eigenvalue weighted by Crippen LogP contribution is 2.36. The summed E-state index contributed by atoms with van der Waals surface area (Å²) in [6.07, 6.45) is -5.21. The number of anilines is 1. The van der Waals surface area contributed by atoms with Crippen LogP contribution in [0.15, 0.2) is 39.9 Å². The smallest absolute Gasteiger partial charge is 0.321 e. The van der Waals surface area contributed by atoms with Crippen LogP contribution in [0.4, 0.5) is 23.2 Å². The molecule has 0 aliphatic rings. The number of carbonyl (C=O) groups excluding carboxylic acids is 1. The number of H-pyrrole nitrogens is 1. The number of hydrogen-bond donors (Lipinski definition) is 2. The molecule has 0 aliphatic heterocycles. The van der Waals surface area contributed by atoms with E-state index in [1.807, 2.05) is 0 Å². The van der Waals surface area contributed by atoms with Crippen LogP contribution in [0.5, 0.6) is 0 Å². The van der Waals surface area contributed by atoms with E-state index in [1.165, 1.54) is 18.2 Å². The van der Waals surface area contributed by atoms with Crippen molar-refractivity contribution in [3.8, 4) is 17.2 Å². The molecule has 13 heteroatoms. The maximum atomic E-state index is 14.7. The highest BCUT2D eigenvalue weighted by atomic mass is 35.5. The zero-order valence-electron chi connectivity index (χ0n) is 16.3. The molecule has 1 amide bonds. The quantitative estimate of drug-likeness (QED) is 0.521. The summed E-state index contributed by atoms with van der Waals surface area (Å²) < 4.78 is 55.8. The third kappa shape index (κ3) is 4.76. The van der Waals surface area contributed by atoms with E-state index in [1.54, 1.807) is 11.1 Å². The molecule has 0 bridgehead atoms. The van der Waals surface area contributed by atoms with E-state index in [0.717, 1.165) is 7.05 Å². The molecular weight excluding hydrogens is 491 g/mol. The van der Waals surface area contributed by atoms with E-state index < -0.39 is 57.2 Å². The van der Waals surface area contributed by atoms with Crippen LogP contribution in [0.2, 0.25) is 10.0 Å². The van der Waals surface area contributed by atoms with Gasteiger partial charge < -0.3 is 5.32 Å². The normalized spacial score (nSPS) is 11.2. The second kappa shape index (κ2) is 8.73. The van der Waals surface area contributed by atoms with Crippen LogP contribution in [-0.2, 0) is 13.2 Å². The molecule has 0 atom stereocenters. The summed E-state index contributed by atoms with van der Waals surface area (Å²) in [5.74, 6) is -2.22. The highest BCUT2D eigenvalue weighted by molar-refractivity contribution is 6.35. The third-order valence-corrected chi connectivity index (χ3v) is 4.90. The molecule has 0 saturated carbocycles. The SMILES string of the molecule is Cn1c(C(F)(F)F)c(-c2cc(NC(=O)c3cc(Cl)cc(Cl)c3)c(C#N)cc2F)c(=O)[nH]c1=O. The summed E-state index contributed by atoms with van der Waals surface area (Å²) >= 11 is 11.7. The van der Waals surface area contributed by atoms with Crippen LogP contribution in [0.25, 0.3) is 11.1 Å². The molecule has 7 nitrogen and oxygen atoms in total. The van der Waals surface area contributed by atoms with Gasteiger partial charge in [-0.05, 0) is 30.3 Å². The summed E-state index contributed by atoms with van der Waals surface area (Å²) in [5, 5.41) is 11.8. The van der Waals surface area contributed by atoms with E-state index in [2.05, 4.69) is 5.32 Å². The van der Waals surface area contributed by atoms with Gasteiger partial charge in [0.25, 0.3) is 11.5 Å². The first-order chi connectivity index (χ1) is 15.3. The Bertz CT molecular complexity index is 1440. The second-order valence-corrected chi connectivity index (χ2v) is 7.51. The summed E-state index contributed by atoms with van der Waals surface area (Å²) in [4.78, 5) is 38.2. The third-order valence-electron chi connectivity index (χ3n) is 4.46. The standard InChI is InChI=1S/C20H10Cl2F4N4O3/c1-30-16(20(24,25)26)15(18(32)29-19(30)33)12-6-14(9(7-27)4-13(12)23)28-17(31)8-2-10(21)5-11(22)3-8/h2-6H,1H3,(H,28,31)(H,29,32,33). The Morgan fingerprint density at radius 2 is 1.73 bits per heavy atom. The summed E-state index contributed by atoms with van der Waals surface area (Å²) in [6, 6.07) is 6.68. The lowest BCUT2D eigenvalue weighted by Gasteiger charge is -2.17. The van der Waals surface area contributed by atoms with Gasteiger partial charge in [0.05, 0.1) is 16.8 Å². The molecule has 170 valence electrons. The zero-order valence-corrected chi connectivity index (χ0v) is 17.8. The minimum atomic E-state index is -5.21. The zero-order chi connectivity index (χ0) is 24.7. The van der Waals surface area contributed by atoms with Crippen LogP contribution in [0.3, 0.4) is 0 Å². The van der Waals surface area contributed by atoms with Crippen molar-refractivity contribution in [2.45, 2.75) is 6.18 Å². The Labute approximate surface area is 191 Å². The van der Waals surface area contributed by atoms with E-state index in [0.29, 0.717) is 12.1 Å². The van der Waals surface area contributed by atoms with Gasteiger partial charge in [0.15, 0.2) is 0 Å². The summed E-state index contributed by atoms with van der Waals surface area (Å²) in [6.45, 7) is 0. The van der Waals surface area contributed by atoms with Crippen molar-refractivity contribution in [2.75, 3.05) is 5.32 Å². The van der Waals surface area contributed by atoms with Crippen LogP contribution in [0, 0.1) is 17.1 Å². The van der Waals surface area contributed by atoms with Crippen molar-refractivity contribution < 1.29 is 22.4 Å². The number of amides is 1. The maximum absolute atomic E-state index is 14.7. The predicted octanol–water partition coefficient (Wildman–Crippen LogP) is 4.33. The predicted molar refractivity (Wildman–Crippen MR) is 112 cm³/mol. The summed E-state index contributed by atoms with van der Waals surface area (Å²) in [7, 11) is 0.748. The lowest BCUT2D eigenvalue weighted by molar-refractivity contribution is -0.143. The minimum absolute atomic E-state index is 0.0572. The van der Waals surface area contributed by atoms with Gasteiger partial charge in [0, 0.05) is 28.2 Å². The molecule has 0 fully saturated rings. The lowest BCUT2D eigenvalue weighted by atomic mass is 10.0. The van der Waals surface area contributed by atoms with Crippen LogP contribution in [0.1, 0.15) is 21.6 Å². The molecule has 1 heterocycles. The fourth-order valence-electron chi connectivity index (χ4n) is 3.04. The molecule has 0 aliphatic carbocycles. The number of aromatic amines is 1. The molecule has 33 heavy (non-hydrogen) atoms. The largest absolute Gasteiger partial charge is 0.432 e. The Hall–Kier alpha value is -3.62. The number of aromatic nitrogens is 2. The molecule has 0 spiro atoms. The number of nitrogens with zero attached hydrogens (tertiary/aromatic N) is 2. The van der Waals surface area contributed by atoms with Crippen molar-refractivity contribution in [3.63, 3.8) is 0 Å². The minimum Gasteiger partial charge on any atom is -0.321 e. The maximum Gasteiger partial charge on any atom is 0.432 e. The number of carbonyl (C=O) groups is 1. The van der Waals surface area contributed by atoms with Crippen molar-refractivity contribution in [1.29, 1.82) is 5.26 Å². The molecular formula is C20H10Cl2F4N4O3. The van der Waals surface area contributed by atoms with Gasteiger partial charge in [-0.15, -0.1) is 0 Å². The average molecular weight is 501 g/mol. The van der Waals surface area contributed by atoms with Gasteiger partial charge in [-0.1, -0.05) is 23.2 Å². The van der Waals surface area contributed by atoms with Crippen LogP contribution in [-0.4, -0.2) is 15.5 Å². The number of benzene rings is 2. The van der Waals surface area contributed by atoms with Gasteiger partial charge in [-0.25, -0.2) is 9.18 Å². The van der Waals surface area contributed by atoms with Gasteiger partial charge in [-0.2, -0.15) is 18.4 Å². The Morgan fingerprint density at radius 1 is 1.12 bits per heavy atom. The number of hydrogen-bond acceptors (Lipinski definition) is 4. The Kier molecular flexibility index (Phi) is 6.35. The molecule has 0 saturated heterocycles. The van der Waals surface area contributed by atoms with Gasteiger partial charge in [0.1, 0.15) is 17.6 Å². The first-order valence-electron chi connectivity index (χ1n) is 8.75. The molecule has 2 N–H and O–H groups in total. The molecule has 2 aromatic carbocycles. The second-order valence-electron chi connectivity index (χ2n) is 6.64. The molecule has 0 radical (unpaired) electrons. The number of alkyl halides is 3. The van der Waals surface area contributed by atoms with Crippen molar-refractivity contribution >= 4 is 34.8 Å². The first-order valence-corrected chi connectivity index (χ1v) is 9.51. The van der Waals surface area contributed by atoms with Crippen LogP contribution >= 0.6 is 23.2 Å². The van der Waals surface area contributed by atoms with Gasteiger partial charge in [-0.3, -0.25) is 19.1 Å². The van der Waals surface area contributed by atoms with E-state index in [-0.39, 0.29) is 20.2 Å². The van der Waals surface area contributed by atoms with Gasteiger partial charge >= 0.3 is 11.9 Å². The van der Waals surface area contributed by atoms with Crippen molar-refractivity contribution in [3.05, 3.63) is 83.9 Å².